The van der Waals surface area contributed by atoms with Gasteiger partial charge in [0.05, 0.1) is 18.7 Å². The van der Waals surface area contributed by atoms with Gasteiger partial charge >= 0.3 is 5.97 Å². The number of rotatable bonds is 6. The van der Waals surface area contributed by atoms with Gasteiger partial charge in [-0.1, -0.05) is 12.5 Å². The van der Waals surface area contributed by atoms with Gasteiger partial charge in [0.15, 0.2) is 0 Å². The standard InChI is InChI=1S/C11H17N3O3/c1-3-9-10(5-4-8(2)13-9)16-7-6-11(15)17-14-12/h4-5,14H,3,6-7,12H2,1-2H3. The van der Waals surface area contributed by atoms with Crippen LogP contribution in [0.25, 0.3) is 0 Å². The number of carbonyl (C=O) groups excluding carboxylic acids is 1. The molecule has 0 aliphatic heterocycles. The number of carbonyl (C=O) groups is 1. The van der Waals surface area contributed by atoms with Gasteiger partial charge in [0, 0.05) is 5.69 Å². The Morgan fingerprint density at radius 1 is 1.53 bits per heavy atom. The second-order valence-corrected chi connectivity index (χ2v) is 3.44. The van der Waals surface area contributed by atoms with Crippen LogP contribution >= 0.6 is 0 Å². The summed E-state index contributed by atoms with van der Waals surface area (Å²) in [4.78, 5) is 19.7. The molecule has 0 spiro atoms. The van der Waals surface area contributed by atoms with Crippen molar-refractivity contribution in [2.24, 2.45) is 5.84 Å². The van der Waals surface area contributed by atoms with Crippen molar-refractivity contribution in [3.05, 3.63) is 23.5 Å². The number of aromatic nitrogens is 1. The Hall–Kier alpha value is -1.66. The van der Waals surface area contributed by atoms with E-state index in [-0.39, 0.29) is 13.0 Å². The van der Waals surface area contributed by atoms with E-state index in [1.54, 1.807) is 0 Å². The molecular formula is C11H17N3O3. The predicted molar refractivity (Wildman–Crippen MR) is 61.9 cm³/mol. The minimum absolute atomic E-state index is 0.126. The molecule has 1 aromatic heterocycles. The van der Waals surface area contributed by atoms with Crippen LogP contribution in [-0.2, 0) is 16.1 Å². The largest absolute Gasteiger partial charge is 0.491 e. The third kappa shape index (κ3) is 4.38. The van der Waals surface area contributed by atoms with Crippen LogP contribution < -0.4 is 16.2 Å². The first-order valence-electron chi connectivity index (χ1n) is 5.42. The lowest BCUT2D eigenvalue weighted by Gasteiger charge is -2.09. The SMILES string of the molecule is CCc1nc(C)ccc1OCCC(=O)ONN. The van der Waals surface area contributed by atoms with E-state index < -0.39 is 5.97 Å². The van der Waals surface area contributed by atoms with E-state index in [4.69, 9.17) is 10.6 Å². The highest BCUT2D eigenvalue weighted by Gasteiger charge is 2.06. The van der Waals surface area contributed by atoms with Crippen LogP contribution in [0.1, 0.15) is 24.7 Å². The Bertz CT molecular complexity index is 382. The maximum Gasteiger partial charge on any atom is 0.329 e. The van der Waals surface area contributed by atoms with Crippen molar-refractivity contribution in [3.63, 3.8) is 0 Å². The summed E-state index contributed by atoms with van der Waals surface area (Å²) >= 11 is 0. The summed E-state index contributed by atoms with van der Waals surface area (Å²) in [5.41, 5.74) is 3.66. The molecule has 0 aliphatic carbocycles. The fraction of sp³-hybridized carbons (Fsp3) is 0.455. The number of pyridine rings is 1. The molecule has 0 radical (unpaired) electrons. The number of hydrazine groups is 1. The maximum absolute atomic E-state index is 11.0. The molecule has 0 aliphatic rings. The summed E-state index contributed by atoms with van der Waals surface area (Å²) in [5, 5.41) is 0. The van der Waals surface area contributed by atoms with Crippen LogP contribution in [0.2, 0.25) is 0 Å². The number of ether oxygens (including phenoxy) is 1. The topological polar surface area (TPSA) is 86.5 Å². The predicted octanol–water partition coefficient (Wildman–Crippen LogP) is 0.643. The van der Waals surface area contributed by atoms with Gasteiger partial charge in [-0.25, -0.2) is 5.84 Å². The number of nitrogens with one attached hydrogen (secondary N) is 1. The number of hydrogen-bond donors (Lipinski definition) is 2. The smallest absolute Gasteiger partial charge is 0.329 e. The van der Waals surface area contributed by atoms with E-state index in [1.165, 1.54) is 0 Å². The van der Waals surface area contributed by atoms with Crippen molar-refractivity contribution in [2.45, 2.75) is 26.7 Å². The fourth-order valence-electron chi connectivity index (χ4n) is 1.34. The number of nitrogens with two attached hydrogens (primary N) is 1. The van der Waals surface area contributed by atoms with Crippen molar-refractivity contribution in [1.29, 1.82) is 0 Å². The molecular weight excluding hydrogens is 222 g/mol. The summed E-state index contributed by atoms with van der Waals surface area (Å²) in [6.07, 6.45) is 0.910. The number of hydrogen-bond acceptors (Lipinski definition) is 6. The van der Waals surface area contributed by atoms with Crippen LogP contribution in [0, 0.1) is 6.92 Å². The highest BCUT2D eigenvalue weighted by atomic mass is 16.7. The van der Waals surface area contributed by atoms with Crippen molar-refractivity contribution in [3.8, 4) is 5.75 Å². The van der Waals surface area contributed by atoms with Gasteiger partial charge in [0.1, 0.15) is 5.75 Å². The molecule has 17 heavy (non-hydrogen) atoms. The first-order valence-corrected chi connectivity index (χ1v) is 5.42. The minimum atomic E-state index is -0.467. The summed E-state index contributed by atoms with van der Waals surface area (Å²) < 4.78 is 5.47. The molecule has 94 valence electrons. The monoisotopic (exact) mass is 239 g/mol. The van der Waals surface area contributed by atoms with Crippen LogP contribution in [0.3, 0.4) is 0 Å². The van der Waals surface area contributed by atoms with Crippen molar-refractivity contribution < 1.29 is 14.4 Å². The molecule has 0 saturated carbocycles. The van der Waals surface area contributed by atoms with E-state index in [2.05, 4.69) is 9.82 Å². The minimum Gasteiger partial charge on any atom is -0.491 e. The lowest BCUT2D eigenvalue weighted by molar-refractivity contribution is -0.151. The molecule has 0 saturated heterocycles. The van der Waals surface area contributed by atoms with E-state index >= 15 is 0 Å². The van der Waals surface area contributed by atoms with Gasteiger partial charge in [0.25, 0.3) is 0 Å². The van der Waals surface area contributed by atoms with Crippen LogP contribution in [-0.4, -0.2) is 17.6 Å². The Morgan fingerprint density at radius 3 is 2.94 bits per heavy atom. The zero-order valence-corrected chi connectivity index (χ0v) is 10.0. The number of nitrogens with zero attached hydrogens (tertiary/aromatic N) is 1. The highest BCUT2D eigenvalue weighted by molar-refractivity contribution is 5.69. The Morgan fingerprint density at radius 2 is 2.29 bits per heavy atom. The molecule has 6 heteroatoms. The van der Waals surface area contributed by atoms with E-state index in [9.17, 15) is 4.79 Å². The van der Waals surface area contributed by atoms with Gasteiger partial charge in [-0.05, 0) is 25.5 Å². The quantitative estimate of drug-likeness (QED) is 0.559. The molecule has 0 amide bonds. The Balaban J connectivity index is 2.49. The third-order valence-corrected chi connectivity index (χ3v) is 2.14. The molecule has 0 fully saturated rings. The van der Waals surface area contributed by atoms with Crippen molar-refractivity contribution in [1.82, 2.24) is 10.6 Å². The summed E-state index contributed by atoms with van der Waals surface area (Å²) in [6.45, 7) is 4.16. The highest BCUT2D eigenvalue weighted by Crippen LogP contribution is 2.17. The van der Waals surface area contributed by atoms with Crippen LogP contribution in [0.5, 0.6) is 5.75 Å². The maximum atomic E-state index is 11.0. The van der Waals surface area contributed by atoms with E-state index in [0.29, 0.717) is 5.75 Å². The molecule has 1 aromatic rings. The van der Waals surface area contributed by atoms with Gasteiger partial charge in [0.2, 0.25) is 0 Å². The van der Waals surface area contributed by atoms with Gasteiger partial charge in [-0.15, -0.1) is 0 Å². The molecule has 1 heterocycles. The average Bonchev–Trinajstić information content (AvgIpc) is 2.31. The second-order valence-electron chi connectivity index (χ2n) is 3.44. The zero-order chi connectivity index (χ0) is 12.7. The summed E-state index contributed by atoms with van der Waals surface area (Å²) in [5.74, 6) is 5.06. The summed E-state index contributed by atoms with van der Waals surface area (Å²) in [6, 6.07) is 3.72. The lowest BCUT2D eigenvalue weighted by atomic mass is 10.2. The van der Waals surface area contributed by atoms with E-state index in [0.717, 1.165) is 17.8 Å². The molecule has 3 N–H and O–H groups in total. The third-order valence-electron chi connectivity index (χ3n) is 2.14. The summed E-state index contributed by atoms with van der Waals surface area (Å²) in [7, 11) is 0. The zero-order valence-electron chi connectivity index (χ0n) is 10.0. The van der Waals surface area contributed by atoms with E-state index in [1.807, 2.05) is 31.6 Å². The van der Waals surface area contributed by atoms with Crippen molar-refractivity contribution >= 4 is 5.97 Å². The van der Waals surface area contributed by atoms with Gasteiger partial charge in [-0.2, -0.15) is 0 Å². The molecule has 1 rings (SSSR count). The second kappa shape index (κ2) is 6.82. The lowest BCUT2D eigenvalue weighted by Crippen LogP contribution is -2.27. The molecule has 6 nitrogen and oxygen atoms in total. The average molecular weight is 239 g/mol. The van der Waals surface area contributed by atoms with Crippen LogP contribution in [0.4, 0.5) is 0 Å². The Labute approximate surface area is 100 Å². The normalized spacial score (nSPS) is 10.1. The fourth-order valence-corrected chi connectivity index (χ4v) is 1.34. The Kier molecular flexibility index (Phi) is 5.38. The number of aryl methyl sites for hydroxylation is 2. The van der Waals surface area contributed by atoms with Gasteiger partial charge < -0.3 is 9.57 Å². The molecule has 0 unspecified atom stereocenters. The molecule has 0 bridgehead atoms. The molecule has 0 aromatic carbocycles. The van der Waals surface area contributed by atoms with Gasteiger partial charge in [-0.3, -0.25) is 9.78 Å². The first-order chi connectivity index (χ1) is 8.17. The van der Waals surface area contributed by atoms with Crippen molar-refractivity contribution in [2.75, 3.05) is 6.61 Å². The van der Waals surface area contributed by atoms with Crippen LogP contribution in [0.15, 0.2) is 12.1 Å². The molecule has 0 atom stereocenters. The first kappa shape index (κ1) is 13.4.